The third-order valence-electron chi connectivity index (χ3n) is 3.21. The van der Waals surface area contributed by atoms with Crippen molar-refractivity contribution in [3.05, 3.63) is 12.2 Å². The summed E-state index contributed by atoms with van der Waals surface area (Å²) in [6.45, 7) is 6.36. The highest BCUT2D eigenvalue weighted by molar-refractivity contribution is 4.80. The van der Waals surface area contributed by atoms with Crippen molar-refractivity contribution in [2.45, 2.75) is 84.5 Å². The Labute approximate surface area is 115 Å². The Morgan fingerprint density at radius 2 is 1.22 bits per heavy atom. The molecule has 0 radical (unpaired) electrons. The molecule has 0 bridgehead atoms. The van der Waals surface area contributed by atoms with Crippen molar-refractivity contribution in [1.29, 1.82) is 0 Å². The van der Waals surface area contributed by atoms with Crippen molar-refractivity contribution in [2.24, 2.45) is 0 Å². The van der Waals surface area contributed by atoms with Gasteiger partial charge in [0.2, 0.25) is 0 Å². The normalized spacial score (nSPS) is 11.4. The molecule has 0 spiro atoms. The minimum absolute atomic E-state index is 0.901. The fraction of sp³-hybridized carbons (Fsp3) is 0.882. The summed E-state index contributed by atoms with van der Waals surface area (Å²) in [6.07, 6.45) is 19.0. The molecule has 1 heteroatoms. The van der Waals surface area contributed by atoms with Gasteiger partial charge in [-0.05, 0) is 19.3 Å². The van der Waals surface area contributed by atoms with E-state index in [0.29, 0.717) is 0 Å². The number of ether oxygens (including phenoxy) is 1. The van der Waals surface area contributed by atoms with Gasteiger partial charge in [-0.3, -0.25) is 0 Å². The maximum Gasteiger partial charge on any atom is 0.0500 e. The van der Waals surface area contributed by atoms with Gasteiger partial charge in [-0.2, -0.15) is 0 Å². The van der Waals surface area contributed by atoms with Gasteiger partial charge < -0.3 is 4.74 Å². The Bertz CT molecular complexity index is 163. The zero-order chi connectivity index (χ0) is 13.3. The summed E-state index contributed by atoms with van der Waals surface area (Å²) in [7, 11) is 0. The average molecular weight is 254 g/mol. The molecule has 0 aliphatic rings. The lowest BCUT2D eigenvalue weighted by molar-refractivity contribution is 0.134. The standard InChI is InChI=1S/C17H34O/c1-3-5-7-9-11-13-15-17-18-16-14-12-10-8-6-4-2/h10,12H,3-9,11,13-17H2,1-2H3/b12-10-. The summed E-state index contributed by atoms with van der Waals surface area (Å²) in [5.41, 5.74) is 0. The molecule has 0 aromatic carbocycles. The highest BCUT2D eigenvalue weighted by Crippen LogP contribution is 2.06. The number of hydrogen-bond acceptors (Lipinski definition) is 1. The molecule has 0 atom stereocenters. The van der Waals surface area contributed by atoms with E-state index in [1.807, 2.05) is 0 Å². The van der Waals surface area contributed by atoms with Gasteiger partial charge in [-0.1, -0.05) is 77.4 Å². The van der Waals surface area contributed by atoms with Crippen LogP contribution in [0.25, 0.3) is 0 Å². The Balaban J connectivity index is 2.96. The molecule has 0 saturated heterocycles. The van der Waals surface area contributed by atoms with Gasteiger partial charge in [-0.15, -0.1) is 0 Å². The van der Waals surface area contributed by atoms with E-state index in [1.165, 1.54) is 64.2 Å². The lowest BCUT2D eigenvalue weighted by atomic mass is 10.1. The highest BCUT2D eigenvalue weighted by atomic mass is 16.5. The topological polar surface area (TPSA) is 9.23 Å². The van der Waals surface area contributed by atoms with Gasteiger partial charge in [0.1, 0.15) is 0 Å². The molecule has 18 heavy (non-hydrogen) atoms. The van der Waals surface area contributed by atoms with E-state index in [4.69, 9.17) is 4.74 Å². The van der Waals surface area contributed by atoms with Crippen LogP contribution in [0.4, 0.5) is 0 Å². The first-order valence-electron chi connectivity index (χ1n) is 8.14. The maximum atomic E-state index is 5.62. The largest absolute Gasteiger partial charge is 0.381 e. The van der Waals surface area contributed by atoms with E-state index in [9.17, 15) is 0 Å². The molecule has 0 aliphatic heterocycles. The zero-order valence-electron chi connectivity index (χ0n) is 12.8. The Morgan fingerprint density at radius 3 is 1.94 bits per heavy atom. The highest BCUT2D eigenvalue weighted by Gasteiger charge is 1.91. The molecule has 0 aromatic heterocycles. The molecule has 0 heterocycles. The van der Waals surface area contributed by atoms with Crippen LogP contribution < -0.4 is 0 Å². The van der Waals surface area contributed by atoms with Crippen LogP contribution in [0.1, 0.15) is 84.5 Å². The predicted molar refractivity (Wildman–Crippen MR) is 82.1 cm³/mol. The maximum absolute atomic E-state index is 5.62. The molecule has 0 rings (SSSR count). The second kappa shape index (κ2) is 16.7. The first-order valence-corrected chi connectivity index (χ1v) is 8.14. The molecule has 0 aliphatic carbocycles. The van der Waals surface area contributed by atoms with Gasteiger partial charge >= 0.3 is 0 Å². The second-order valence-electron chi connectivity index (χ2n) is 5.14. The quantitative estimate of drug-likeness (QED) is 0.277. The van der Waals surface area contributed by atoms with Crippen molar-refractivity contribution in [3.8, 4) is 0 Å². The van der Waals surface area contributed by atoms with Crippen molar-refractivity contribution >= 4 is 0 Å². The fourth-order valence-electron chi connectivity index (χ4n) is 1.97. The van der Waals surface area contributed by atoms with E-state index in [0.717, 1.165) is 19.6 Å². The Hall–Kier alpha value is -0.300. The van der Waals surface area contributed by atoms with Crippen LogP contribution in [0.5, 0.6) is 0 Å². The van der Waals surface area contributed by atoms with Crippen LogP contribution in [0, 0.1) is 0 Å². The summed E-state index contributed by atoms with van der Waals surface area (Å²) in [4.78, 5) is 0. The monoisotopic (exact) mass is 254 g/mol. The van der Waals surface area contributed by atoms with E-state index < -0.39 is 0 Å². The summed E-state index contributed by atoms with van der Waals surface area (Å²) < 4.78 is 5.62. The minimum Gasteiger partial charge on any atom is -0.381 e. The van der Waals surface area contributed by atoms with Crippen LogP contribution >= 0.6 is 0 Å². The third kappa shape index (κ3) is 15.7. The lowest BCUT2D eigenvalue weighted by Gasteiger charge is -2.02. The molecule has 0 fully saturated rings. The second-order valence-corrected chi connectivity index (χ2v) is 5.14. The SMILES string of the molecule is CCCC/C=C\CCOCCCCCCCCC. The van der Waals surface area contributed by atoms with Crippen LogP contribution in [-0.2, 0) is 4.74 Å². The van der Waals surface area contributed by atoms with Gasteiger partial charge in [0.15, 0.2) is 0 Å². The van der Waals surface area contributed by atoms with Gasteiger partial charge in [0.05, 0.1) is 6.61 Å². The summed E-state index contributed by atoms with van der Waals surface area (Å²) in [5, 5.41) is 0. The van der Waals surface area contributed by atoms with Gasteiger partial charge in [-0.25, -0.2) is 0 Å². The molecule has 0 aromatic rings. The molecule has 1 nitrogen and oxygen atoms in total. The van der Waals surface area contributed by atoms with Gasteiger partial charge in [0, 0.05) is 6.61 Å². The molecule has 108 valence electrons. The van der Waals surface area contributed by atoms with Crippen molar-refractivity contribution in [2.75, 3.05) is 13.2 Å². The molecule has 0 saturated carbocycles. The molecule has 0 N–H and O–H groups in total. The van der Waals surface area contributed by atoms with Crippen LogP contribution in [-0.4, -0.2) is 13.2 Å². The van der Waals surface area contributed by atoms with Gasteiger partial charge in [0.25, 0.3) is 0 Å². The predicted octanol–water partition coefficient (Wildman–Crippen LogP) is 5.89. The first-order chi connectivity index (χ1) is 8.91. The number of allylic oxidation sites excluding steroid dienone is 1. The minimum atomic E-state index is 0.901. The summed E-state index contributed by atoms with van der Waals surface area (Å²) in [6, 6.07) is 0. The molecular weight excluding hydrogens is 220 g/mol. The summed E-state index contributed by atoms with van der Waals surface area (Å²) >= 11 is 0. The smallest absolute Gasteiger partial charge is 0.0500 e. The molecule has 0 unspecified atom stereocenters. The van der Waals surface area contributed by atoms with Crippen molar-refractivity contribution in [1.82, 2.24) is 0 Å². The molecular formula is C17H34O. The van der Waals surface area contributed by atoms with Crippen molar-refractivity contribution in [3.63, 3.8) is 0 Å². The van der Waals surface area contributed by atoms with E-state index in [1.54, 1.807) is 0 Å². The zero-order valence-corrected chi connectivity index (χ0v) is 12.8. The van der Waals surface area contributed by atoms with E-state index in [2.05, 4.69) is 26.0 Å². The van der Waals surface area contributed by atoms with Crippen LogP contribution in [0.3, 0.4) is 0 Å². The molecule has 0 amide bonds. The first kappa shape index (κ1) is 17.7. The summed E-state index contributed by atoms with van der Waals surface area (Å²) in [5.74, 6) is 0. The van der Waals surface area contributed by atoms with Crippen molar-refractivity contribution < 1.29 is 4.74 Å². The Morgan fingerprint density at radius 1 is 0.611 bits per heavy atom. The van der Waals surface area contributed by atoms with E-state index in [-0.39, 0.29) is 0 Å². The average Bonchev–Trinajstić information content (AvgIpc) is 2.39. The van der Waals surface area contributed by atoms with E-state index >= 15 is 0 Å². The number of rotatable bonds is 14. The third-order valence-corrected chi connectivity index (χ3v) is 3.21. The number of unbranched alkanes of at least 4 members (excludes halogenated alkanes) is 8. The van der Waals surface area contributed by atoms with Crippen LogP contribution in [0.2, 0.25) is 0 Å². The van der Waals surface area contributed by atoms with Crippen LogP contribution in [0.15, 0.2) is 12.2 Å². The number of hydrogen-bond donors (Lipinski definition) is 0. The lowest BCUT2D eigenvalue weighted by Crippen LogP contribution is -1.95. The fourth-order valence-corrected chi connectivity index (χ4v) is 1.97. The Kier molecular flexibility index (Phi) is 16.4.